The number of piperidine rings is 1. The second kappa shape index (κ2) is 8.21. The largest absolute Gasteiger partial charge is 0.325 e. The number of rotatable bonds is 4. The van der Waals surface area contributed by atoms with Crippen molar-refractivity contribution in [3.8, 4) is 0 Å². The standard InChI is InChI=1S/C22H31N4O3P/c1-30(28,29-25-13-8-17(9-14-25)24-11-4-5-12-24)26-15-10-21-20(16-26)18-6-2-3-7-19(18)22(27)23-21/h2-3,6-7,17H,4-5,8-16H2,1H3,(H,23,27). The molecule has 2 saturated heterocycles. The fourth-order valence-electron chi connectivity index (χ4n) is 5.25. The molecule has 0 bridgehead atoms. The molecule has 2 aromatic rings. The van der Waals surface area contributed by atoms with Gasteiger partial charge in [0.25, 0.3) is 13.1 Å². The third-order valence-corrected chi connectivity index (χ3v) is 8.85. The number of likely N-dealkylation sites (tertiary alicyclic amines) is 1. The molecule has 3 aliphatic heterocycles. The number of aromatic nitrogens is 1. The molecule has 4 heterocycles. The van der Waals surface area contributed by atoms with Crippen molar-refractivity contribution < 1.29 is 9.19 Å². The summed E-state index contributed by atoms with van der Waals surface area (Å²) in [5.41, 5.74) is 1.98. The smallest absolute Gasteiger partial charge is 0.286 e. The zero-order valence-corrected chi connectivity index (χ0v) is 18.6. The molecule has 1 atom stereocenters. The SMILES string of the molecule is CP(=O)(ON1CCC(N2CCCC2)CC1)N1CCc2[nH]c(=O)c3ccccc3c2C1. The molecule has 1 N–H and O–H groups in total. The topological polar surface area (TPSA) is 68.9 Å². The van der Waals surface area contributed by atoms with Crippen LogP contribution in [0.2, 0.25) is 0 Å². The van der Waals surface area contributed by atoms with Crippen LogP contribution in [0.3, 0.4) is 0 Å². The Labute approximate surface area is 177 Å². The number of hydroxylamine groups is 2. The van der Waals surface area contributed by atoms with Gasteiger partial charge in [-0.3, -0.25) is 9.36 Å². The van der Waals surface area contributed by atoms with Crippen LogP contribution in [0.15, 0.2) is 29.1 Å². The van der Waals surface area contributed by atoms with Crippen molar-refractivity contribution in [2.24, 2.45) is 0 Å². The summed E-state index contributed by atoms with van der Waals surface area (Å²) in [7, 11) is -2.97. The van der Waals surface area contributed by atoms with E-state index in [4.69, 9.17) is 4.62 Å². The van der Waals surface area contributed by atoms with Crippen molar-refractivity contribution in [3.05, 3.63) is 45.9 Å². The van der Waals surface area contributed by atoms with E-state index in [1.807, 2.05) is 34.0 Å². The molecule has 0 aliphatic carbocycles. The lowest BCUT2D eigenvalue weighted by Gasteiger charge is -2.39. The average Bonchev–Trinajstić information content (AvgIpc) is 3.29. The van der Waals surface area contributed by atoms with E-state index in [1.54, 1.807) is 6.66 Å². The highest BCUT2D eigenvalue weighted by Gasteiger charge is 2.35. The molecule has 3 aliphatic rings. The normalized spacial score (nSPS) is 24.2. The van der Waals surface area contributed by atoms with Gasteiger partial charge in [0, 0.05) is 56.4 Å². The van der Waals surface area contributed by atoms with E-state index in [9.17, 15) is 9.36 Å². The zero-order valence-electron chi connectivity index (χ0n) is 17.7. The second-order valence-corrected chi connectivity index (χ2v) is 11.2. The first-order chi connectivity index (χ1) is 14.5. The van der Waals surface area contributed by atoms with Gasteiger partial charge in [0.05, 0.1) is 0 Å². The minimum absolute atomic E-state index is 0.0467. The Bertz CT molecular complexity index is 1020. The van der Waals surface area contributed by atoms with Gasteiger partial charge < -0.3 is 9.88 Å². The molecule has 30 heavy (non-hydrogen) atoms. The Balaban J connectivity index is 1.28. The first-order valence-corrected chi connectivity index (χ1v) is 13.2. The molecule has 0 radical (unpaired) electrons. The fraction of sp³-hybridized carbons (Fsp3) is 0.591. The quantitative estimate of drug-likeness (QED) is 0.752. The van der Waals surface area contributed by atoms with Crippen molar-refractivity contribution in [3.63, 3.8) is 0 Å². The second-order valence-electron chi connectivity index (χ2n) is 8.88. The highest BCUT2D eigenvalue weighted by molar-refractivity contribution is 7.55. The molecular formula is C22H31N4O3P. The van der Waals surface area contributed by atoms with Crippen molar-refractivity contribution in [1.82, 2.24) is 19.6 Å². The molecule has 8 heteroatoms. The van der Waals surface area contributed by atoms with Gasteiger partial charge in [-0.15, -0.1) is 0 Å². The maximum atomic E-state index is 13.6. The molecule has 2 fully saturated rings. The van der Waals surface area contributed by atoms with Crippen molar-refractivity contribution in [1.29, 1.82) is 0 Å². The van der Waals surface area contributed by atoms with Gasteiger partial charge in [0.1, 0.15) is 0 Å². The molecule has 162 valence electrons. The predicted molar refractivity (Wildman–Crippen MR) is 119 cm³/mol. The van der Waals surface area contributed by atoms with Crippen LogP contribution in [0.25, 0.3) is 10.8 Å². The van der Waals surface area contributed by atoms with Gasteiger partial charge in [-0.2, -0.15) is 5.06 Å². The monoisotopic (exact) mass is 430 g/mol. The van der Waals surface area contributed by atoms with Crippen molar-refractivity contribution in [2.75, 3.05) is 39.4 Å². The lowest BCUT2D eigenvalue weighted by Crippen LogP contribution is -2.44. The van der Waals surface area contributed by atoms with Gasteiger partial charge in [0.15, 0.2) is 0 Å². The minimum atomic E-state index is -2.97. The summed E-state index contributed by atoms with van der Waals surface area (Å²) < 4.78 is 21.6. The maximum absolute atomic E-state index is 13.6. The van der Waals surface area contributed by atoms with Crippen LogP contribution >= 0.6 is 7.52 Å². The van der Waals surface area contributed by atoms with Crippen LogP contribution in [-0.4, -0.2) is 65.0 Å². The van der Waals surface area contributed by atoms with E-state index in [-0.39, 0.29) is 5.56 Å². The van der Waals surface area contributed by atoms with Crippen LogP contribution in [0.5, 0.6) is 0 Å². The summed E-state index contributed by atoms with van der Waals surface area (Å²) in [6, 6.07) is 8.31. The average molecular weight is 430 g/mol. The van der Waals surface area contributed by atoms with E-state index >= 15 is 0 Å². The number of nitrogens with one attached hydrogen (secondary N) is 1. The van der Waals surface area contributed by atoms with Crippen molar-refractivity contribution in [2.45, 2.75) is 44.7 Å². The Kier molecular flexibility index (Phi) is 5.58. The summed E-state index contributed by atoms with van der Waals surface area (Å²) >= 11 is 0. The molecule has 1 aromatic carbocycles. The number of aromatic amines is 1. The van der Waals surface area contributed by atoms with Gasteiger partial charge in [-0.05, 0) is 55.8 Å². The number of benzene rings is 1. The Hall–Kier alpha value is -1.50. The number of nitrogens with zero attached hydrogens (tertiary/aromatic N) is 3. The number of fused-ring (bicyclic) bond motifs is 3. The van der Waals surface area contributed by atoms with Crippen LogP contribution in [0.1, 0.15) is 36.9 Å². The van der Waals surface area contributed by atoms with E-state index in [0.29, 0.717) is 30.9 Å². The highest BCUT2D eigenvalue weighted by atomic mass is 31.2. The van der Waals surface area contributed by atoms with E-state index in [1.165, 1.54) is 25.9 Å². The van der Waals surface area contributed by atoms with Gasteiger partial charge >= 0.3 is 0 Å². The number of H-pyrrole nitrogens is 1. The van der Waals surface area contributed by atoms with Crippen LogP contribution in [0, 0.1) is 0 Å². The lowest BCUT2D eigenvalue weighted by atomic mass is 10.0. The van der Waals surface area contributed by atoms with Gasteiger partial charge in [-0.25, -0.2) is 9.29 Å². The molecule has 7 nitrogen and oxygen atoms in total. The molecule has 1 aromatic heterocycles. The molecule has 0 saturated carbocycles. The first-order valence-electron chi connectivity index (χ1n) is 11.2. The van der Waals surface area contributed by atoms with Crippen LogP contribution in [0.4, 0.5) is 0 Å². The van der Waals surface area contributed by atoms with Crippen molar-refractivity contribution >= 4 is 18.3 Å². The molecular weight excluding hydrogens is 399 g/mol. The third kappa shape index (κ3) is 3.90. The number of pyridine rings is 1. The van der Waals surface area contributed by atoms with E-state index in [0.717, 1.165) is 42.6 Å². The van der Waals surface area contributed by atoms with E-state index in [2.05, 4.69) is 9.88 Å². The Morgan fingerprint density at radius 3 is 2.47 bits per heavy atom. The van der Waals surface area contributed by atoms with Gasteiger partial charge in [-0.1, -0.05) is 18.2 Å². The number of hydrogen-bond acceptors (Lipinski definition) is 5. The third-order valence-electron chi connectivity index (χ3n) is 6.95. The minimum Gasteiger partial charge on any atom is -0.325 e. The summed E-state index contributed by atoms with van der Waals surface area (Å²) in [5.74, 6) is 0. The molecule has 0 amide bonds. The van der Waals surface area contributed by atoms with E-state index < -0.39 is 7.52 Å². The molecule has 5 rings (SSSR count). The Morgan fingerprint density at radius 2 is 1.73 bits per heavy atom. The van der Waals surface area contributed by atoms with Crippen LogP contribution in [-0.2, 0) is 22.2 Å². The molecule has 0 spiro atoms. The summed E-state index contributed by atoms with van der Waals surface area (Å²) in [6.07, 6.45) is 5.46. The summed E-state index contributed by atoms with van der Waals surface area (Å²) in [4.78, 5) is 18.0. The maximum Gasteiger partial charge on any atom is 0.286 e. The Morgan fingerprint density at radius 1 is 1.03 bits per heavy atom. The number of hydrogen-bond donors (Lipinski definition) is 1. The summed E-state index contributed by atoms with van der Waals surface area (Å²) in [5, 5.41) is 3.56. The highest BCUT2D eigenvalue weighted by Crippen LogP contribution is 2.50. The molecule has 1 unspecified atom stereocenters. The fourth-order valence-corrected chi connectivity index (χ4v) is 6.81. The van der Waals surface area contributed by atoms with Gasteiger partial charge in [0.2, 0.25) is 0 Å². The first kappa shape index (κ1) is 20.4. The lowest BCUT2D eigenvalue weighted by molar-refractivity contribution is -0.0892. The van der Waals surface area contributed by atoms with Crippen LogP contribution < -0.4 is 5.56 Å². The zero-order chi connectivity index (χ0) is 20.7. The predicted octanol–water partition coefficient (Wildman–Crippen LogP) is 3.20. The summed E-state index contributed by atoms with van der Waals surface area (Å²) in [6.45, 7) is 7.00.